The molecular formula is C24H20N6O. The molecule has 7 heteroatoms. The number of fused-ring (bicyclic) bond motifs is 1. The summed E-state index contributed by atoms with van der Waals surface area (Å²) in [4.78, 5) is 18.9. The number of nitrogens with two attached hydrogens (primary N) is 1. The maximum atomic E-state index is 12.5. The van der Waals surface area contributed by atoms with E-state index in [1.54, 1.807) is 12.3 Å². The number of hydrogen-bond acceptors (Lipinski definition) is 6. The number of aromatic nitrogens is 1. The lowest BCUT2D eigenvalue weighted by Crippen LogP contribution is -2.23. The van der Waals surface area contributed by atoms with Crippen LogP contribution in [0.15, 0.2) is 95.4 Å². The van der Waals surface area contributed by atoms with E-state index < -0.39 is 0 Å². The Kier molecular flexibility index (Phi) is 4.48. The molecule has 0 spiro atoms. The number of hydrazone groups is 1. The van der Waals surface area contributed by atoms with Crippen LogP contribution in [0.3, 0.4) is 0 Å². The molecule has 2 aromatic carbocycles. The van der Waals surface area contributed by atoms with Gasteiger partial charge in [-0.15, -0.1) is 0 Å². The lowest BCUT2D eigenvalue weighted by molar-refractivity contribution is -0.116. The Balaban J connectivity index is 1.77. The Morgan fingerprint density at radius 1 is 0.935 bits per heavy atom. The number of allylic oxidation sites excluding steroid dienone is 1. The molecule has 2 aliphatic heterocycles. The molecule has 0 fully saturated rings. The van der Waals surface area contributed by atoms with Crippen molar-refractivity contribution in [2.24, 2.45) is 5.10 Å². The van der Waals surface area contributed by atoms with Crippen LogP contribution >= 0.6 is 0 Å². The minimum atomic E-state index is -0.226. The number of amides is 1. The van der Waals surface area contributed by atoms with Gasteiger partial charge in [0.25, 0.3) is 5.91 Å². The van der Waals surface area contributed by atoms with Gasteiger partial charge in [-0.2, -0.15) is 5.10 Å². The third kappa shape index (κ3) is 3.32. The second-order valence-corrected chi connectivity index (χ2v) is 7.24. The molecule has 2 aliphatic rings. The molecule has 31 heavy (non-hydrogen) atoms. The summed E-state index contributed by atoms with van der Waals surface area (Å²) in [7, 11) is 0. The van der Waals surface area contributed by atoms with Crippen LogP contribution in [0.2, 0.25) is 0 Å². The summed E-state index contributed by atoms with van der Waals surface area (Å²) < 4.78 is 0. The van der Waals surface area contributed by atoms with E-state index in [1.807, 2.05) is 73.7 Å². The average molecular weight is 408 g/mol. The van der Waals surface area contributed by atoms with Crippen molar-refractivity contribution in [3.8, 4) is 0 Å². The molecule has 5 rings (SSSR count). The second-order valence-electron chi connectivity index (χ2n) is 7.24. The van der Waals surface area contributed by atoms with Crippen LogP contribution in [0.4, 0.5) is 22.9 Å². The lowest BCUT2D eigenvalue weighted by atomic mass is 9.98. The smallest absolute Gasteiger partial charge is 0.275 e. The van der Waals surface area contributed by atoms with Crippen molar-refractivity contribution in [1.29, 1.82) is 0 Å². The highest BCUT2D eigenvalue weighted by Crippen LogP contribution is 2.40. The Labute approximate surface area is 179 Å². The molecule has 0 atom stereocenters. The first-order valence-corrected chi connectivity index (χ1v) is 9.86. The van der Waals surface area contributed by atoms with Gasteiger partial charge in [0.1, 0.15) is 5.82 Å². The van der Waals surface area contributed by atoms with Crippen LogP contribution in [0, 0.1) is 0 Å². The molecule has 0 radical (unpaired) electrons. The number of para-hydroxylation sites is 2. The number of hydrogen-bond donors (Lipinski definition) is 3. The summed E-state index contributed by atoms with van der Waals surface area (Å²) >= 11 is 0. The summed E-state index contributed by atoms with van der Waals surface area (Å²) in [5.41, 5.74) is 14.9. The first-order chi connectivity index (χ1) is 15.1. The third-order valence-corrected chi connectivity index (χ3v) is 5.22. The van der Waals surface area contributed by atoms with Crippen LogP contribution in [0.5, 0.6) is 0 Å². The summed E-state index contributed by atoms with van der Waals surface area (Å²) in [6, 6.07) is 21.7. The Morgan fingerprint density at radius 2 is 1.71 bits per heavy atom. The molecule has 152 valence electrons. The topological polar surface area (TPSA) is 95.6 Å². The van der Waals surface area contributed by atoms with Crippen molar-refractivity contribution < 1.29 is 4.79 Å². The van der Waals surface area contributed by atoms with E-state index >= 15 is 0 Å². The number of anilines is 4. The zero-order valence-electron chi connectivity index (χ0n) is 16.8. The fourth-order valence-electron chi connectivity index (χ4n) is 3.79. The predicted octanol–water partition coefficient (Wildman–Crippen LogP) is 4.03. The molecule has 0 saturated heterocycles. The lowest BCUT2D eigenvalue weighted by Gasteiger charge is -2.32. The summed E-state index contributed by atoms with van der Waals surface area (Å²) in [6.07, 6.45) is 3.72. The summed E-state index contributed by atoms with van der Waals surface area (Å²) in [5.74, 6) is 0.226. The van der Waals surface area contributed by atoms with Gasteiger partial charge in [-0.3, -0.25) is 4.79 Å². The first-order valence-electron chi connectivity index (χ1n) is 9.86. The first kappa shape index (κ1) is 18.6. The van der Waals surface area contributed by atoms with Gasteiger partial charge in [0.2, 0.25) is 0 Å². The Bertz CT molecular complexity index is 1260. The number of pyridine rings is 1. The van der Waals surface area contributed by atoms with Gasteiger partial charge in [0.05, 0.1) is 34.6 Å². The zero-order valence-corrected chi connectivity index (χ0v) is 16.8. The van der Waals surface area contributed by atoms with E-state index in [9.17, 15) is 4.79 Å². The van der Waals surface area contributed by atoms with Crippen LogP contribution in [-0.2, 0) is 4.79 Å². The standard InChI is InChI=1S/C24H20N6O/c1-15-23(24(31)29-28-15)20-13-21(18-9-5-6-10-19(18)27-20)30(16-7-3-2-4-8-16)17-11-12-22(25)26-14-17/h2-14,27H,1H3,(H2,25,26)(H,29,31). The third-order valence-electron chi connectivity index (χ3n) is 5.22. The highest BCUT2D eigenvalue weighted by molar-refractivity contribution is 6.25. The number of nitrogens with one attached hydrogen (secondary N) is 2. The van der Waals surface area contributed by atoms with E-state index in [2.05, 4.69) is 25.7 Å². The van der Waals surface area contributed by atoms with E-state index in [4.69, 9.17) is 5.73 Å². The van der Waals surface area contributed by atoms with Crippen molar-refractivity contribution in [3.05, 3.63) is 95.8 Å². The van der Waals surface area contributed by atoms with Gasteiger partial charge < -0.3 is 16.0 Å². The molecule has 7 nitrogen and oxygen atoms in total. The van der Waals surface area contributed by atoms with Gasteiger partial charge in [0.15, 0.2) is 0 Å². The van der Waals surface area contributed by atoms with E-state index in [0.717, 1.165) is 28.3 Å². The number of nitrogens with zero attached hydrogens (tertiary/aromatic N) is 3. The largest absolute Gasteiger partial charge is 0.384 e. The van der Waals surface area contributed by atoms with Gasteiger partial charge in [-0.05, 0) is 43.3 Å². The van der Waals surface area contributed by atoms with Crippen molar-refractivity contribution in [1.82, 2.24) is 10.4 Å². The predicted molar refractivity (Wildman–Crippen MR) is 124 cm³/mol. The molecule has 1 amide bonds. The highest BCUT2D eigenvalue weighted by Gasteiger charge is 2.28. The van der Waals surface area contributed by atoms with Crippen LogP contribution < -0.4 is 21.4 Å². The maximum absolute atomic E-state index is 12.5. The molecule has 0 unspecified atom stereocenters. The van der Waals surface area contributed by atoms with E-state index in [1.165, 1.54) is 0 Å². The van der Waals surface area contributed by atoms with Crippen molar-refractivity contribution >= 4 is 40.2 Å². The summed E-state index contributed by atoms with van der Waals surface area (Å²) in [5, 5.41) is 7.47. The molecular weight excluding hydrogens is 388 g/mol. The number of rotatable bonds is 3. The monoisotopic (exact) mass is 408 g/mol. The van der Waals surface area contributed by atoms with Gasteiger partial charge in [-0.1, -0.05) is 36.4 Å². The molecule has 3 aromatic rings. The number of carbonyl (C=O) groups is 1. The minimum Gasteiger partial charge on any atom is -0.384 e. The van der Waals surface area contributed by atoms with Crippen molar-refractivity contribution in [3.63, 3.8) is 0 Å². The molecule has 0 aliphatic carbocycles. The fraction of sp³-hybridized carbons (Fsp3) is 0.0417. The minimum absolute atomic E-state index is 0.226. The van der Waals surface area contributed by atoms with Crippen molar-refractivity contribution in [2.45, 2.75) is 6.92 Å². The quantitative estimate of drug-likeness (QED) is 0.569. The Morgan fingerprint density at radius 3 is 2.42 bits per heavy atom. The second kappa shape index (κ2) is 7.46. The van der Waals surface area contributed by atoms with Crippen LogP contribution in [0.1, 0.15) is 12.5 Å². The van der Waals surface area contributed by atoms with Crippen molar-refractivity contribution in [2.75, 3.05) is 16.0 Å². The molecule has 1 aromatic heterocycles. The fourth-order valence-corrected chi connectivity index (χ4v) is 3.79. The van der Waals surface area contributed by atoms with E-state index in [0.29, 0.717) is 22.8 Å². The van der Waals surface area contributed by atoms with Crippen LogP contribution in [-0.4, -0.2) is 16.6 Å². The molecule has 4 N–H and O–H groups in total. The highest BCUT2D eigenvalue weighted by atomic mass is 16.2. The molecule has 0 bridgehead atoms. The molecule has 3 heterocycles. The van der Waals surface area contributed by atoms with Gasteiger partial charge in [0, 0.05) is 16.9 Å². The maximum Gasteiger partial charge on any atom is 0.275 e. The van der Waals surface area contributed by atoms with E-state index in [-0.39, 0.29) is 5.91 Å². The average Bonchev–Trinajstić information content (AvgIpc) is 3.14. The number of nitrogen functional groups attached to an aromatic ring is 1. The number of carbonyl (C=O) groups excluding carboxylic acids is 1. The number of benzene rings is 2. The summed E-state index contributed by atoms with van der Waals surface area (Å²) in [6.45, 7) is 1.81. The van der Waals surface area contributed by atoms with Gasteiger partial charge in [-0.25, -0.2) is 10.4 Å². The van der Waals surface area contributed by atoms with Crippen LogP contribution in [0.25, 0.3) is 5.70 Å². The Hall–Kier alpha value is -4.39. The normalized spacial score (nSPS) is 17.3. The zero-order chi connectivity index (χ0) is 21.4. The molecule has 0 saturated carbocycles. The van der Waals surface area contributed by atoms with Gasteiger partial charge >= 0.3 is 0 Å². The SMILES string of the molecule is CC1=NNC(=O)C1=C1C=C(N(c2ccccc2)c2ccc(N)nc2)c2ccccc2N1.